The zero-order valence-corrected chi connectivity index (χ0v) is 12.2. The molecule has 0 N–H and O–H groups in total. The Kier molecular flexibility index (Phi) is 2.53. The van der Waals surface area contributed by atoms with E-state index in [1.54, 1.807) is 0 Å². The number of hydrogen-bond acceptors (Lipinski definition) is 2. The zero-order valence-electron chi connectivity index (χ0n) is 12.2. The molecule has 5 atom stereocenters. The Bertz CT molecular complexity index is 375. The summed E-state index contributed by atoms with van der Waals surface area (Å²) < 4.78 is 5.86. The van der Waals surface area contributed by atoms with E-state index in [-0.39, 0.29) is 11.3 Å². The van der Waals surface area contributed by atoms with Gasteiger partial charge in [-0.3, -0.25) is 0 Å². The van der Waals surface area contributed by atoms with Crippen LogP contribution in [0, 0.1) is 28.1 Å². The third-order valence-corrected chi connectivity index (χ3v) is 6.73. The molecule has 2 unspecified atom stereocenters. The summed E-state index contributed by atoms with van der Waals surface area (Å²) in [5.74, 6) is 0.888. The number of ether oxygens (including phenoxy) is 1. The molecule has 3 rings (SSSR count). The molecule has 102 valence electrons. The first-order valence-corrected chi connectivity index (χ1v) is 7.40. The van der Waals surface area contributed by atoms with Crippen molar-refractivity contribution in [1.82, 2.24) is 0 Å². The minimum absolute atomic E-state index is 0.132. The van der Waals surface area contributed by atoms with Crippen LogP contribution in [0.4, 0.5) is 0 Å². The van der Waals surface area contributed by atoms with Gasteiger partial charge in [0.2, 0.25) is 0 Å². The highest BCUT2D eigenvalue weighted by Gasteiger charge is 2.74. The molecule has 3 fully saturated rings. The Morgan fingerprint density at radius 1 is 1.17 bits per heavy atom. The number of carbonyl (C=O) groups is 1. The standard InChI is InChI=1S/C16H26O2/c1-14(2)10-15(3)8-7-13(18-4)16(15)11(9-17)5-6-12(14)16/h9,11-13H,5-8,10H2,1-4H3/t11?,12-,13-,15-,16?/m0/s1. The molecule has 0 saturated heterocycles. The summed E-state index contributed by atoms with van der Waals surface area (Å²) >= 11 is 0. The Balaban J connectivity index is 2.16. The van der Waals surface area contributed by atoms with Crippen molar-refractivity contribution in [2.45, 2.75) is 59.0 Å². The maximum absolute atomic E-state index is 11.6. The van der Waals surface area contributed by atoms with E-state index in [4.69, 9.17) is 4.74 Å². The lowest BCUT2D eigenvalue weighted by atomic mass is 9.60. The van der Waals surface area contributed by atoms with Crippen LogP contribution in [0.2, 0.25) is 0 Å². The maximum Gasteiger partial charge on any atom is 0.123 e. The molecular formula is C16H26O2. The third-order valence-electron chi connectivity index (χ3n) is 6.73. The average molecular weight is 250 g/mol. The average Bonchev–Trinajstić information content (AvgIpc) is 2.85. The summed E-state index contributed by atoms with van der Waals surface area (Å²) in [5.41, 5.74) is 0.806. The Morgan fingerprint density at radius 3 is 2.50 bits per heavy atom. The smallest absolute Gasteiger partial charge is 0.123 e. The van der Waals surface area contributed by atoms with Gasteiger partial charge in [0.1, 0.15) is 6.29 Å². The van der Waals surface area contributed by atoms with E-state index in [9.17, 15) is 4.79 Å². The molecule has 0 aromatic carbocycles. The number of methoxy groups -OCH3 is 1. The molecule has 2 heteroatoms. The first-order chi connectivity index (χ1) is 8.42. The van der Waals surface area contributed by atoms with E-state index in [0.29, 0.717) is 22.9 Å². The largest absolute Gasteiger partial charge is 0.381 e. The minimum atomic E-state index is 0.132. The fraction of sp³-hybridized carbons (Fsp3) is 0.938. The van der Waals surface area contributed by atoms with Crippen molar-refractivity contribution in [1.29, 1.82) is 0 Å². The van der Waals surface area contributed by atoms with E-state index < -0.39 is 0 Å². The monoisotopic (exact) mass is 250 g/mol. The lowest BCUT2D eigenvalue weighted by molar-refractivity contribution is -0.125. The summed E-state index contributed by atoms with van der Waals surface area (Å²) in [6, 6.07) is 0. The van der Waals surface area contributed by atoms with Gasteiger partial charge in [0.15, 0.2) is 0 Å². The fourth-order valence-corrected chi connectivity index (χ4v) is 6.61. The fourth-order valence-electron chi connectivity index (χ4n) is 6.61. The van der Waals surface area contributed by atoms with E-state index in [0.717, 1.165) is 12.8 Å². The van der Waals surface area contributed by atoms with Gasteiger partial charge in [-0.25, -0.2) is 0 Å². The first-order valence-electron chi connectivity index (χ1n) is 7.40. The van der Waals surface area contributed by atoms with Crippen LogP contribution in [0.5, 0.6) is 0 Å². The van der Waals surface area contributed by atoms with Crippen LogP contribution in [0.25, 0.3) is 0 Å². The topological polar surface area (TPSA) is 26.3 Å². The molecule has 0 aromatic heterocycles. The molecule has 0 aliphatic heterocycles. The maximum atomic E-state index is 11.6. The zero-order chi connectivity index (χ0) is 13.2. The molecule has 3 aliphatic carbocycles. The van der Waals surface area contributed by atoms with Gasteiger partial charge in [-0.1, -0.05) is 20.8 Å². The molecule has 0 amide bonds. The van der Waals surface area contributed by atoms with Crippen molar-refractivity contribution >= 4 is 6.29 Å². The molecule has 3 aliphatic rings. The molecule has 0 bridgehead atoms. The predicted molar refractivity (Wildman–Crippen MR) is 71.2 cm³/mol. The van der Waals surface area contributed by atoms with Gasteiger partial charge in [0.25, 0.3) is 0 Å². The van der Waals surface area contributed by atoms with Crippen LogP contribution in [0.15, 0.2) is 0 Å². The van der Waals surface area contributed by atoms with E-state index in [1.165, 1.54) is 25.5 Å². The SMILES string of the molecule is CO[C@H]1CC[C@@]2(C)CC(C)(C)[C@@H]3CCC(C=O)C132. The number of aldehydes is 1. The quantitative estimate of drug-likeness (QED) is 0.702. The molecule has 18 heavy (non-hydrogen) atoms. The highest BCUT2D eigenvalue weighted by atomic mass is 16.5. The van der Waals surface area contributed by atoms with Crippen molar-refractivity contribution in [3.63, 3.8) is 0 Å². The summed E-state index contributed by atoms with van der Waals surface area (Å²) in [4.78, 5) is 11.6. The number of hydrogen-bond donors (Lipinski definition) is 0. The second kappa shape index (κ2) is 3.59. The van der Waals surface area contributed by atoms with Crippen LogP contribution in [0.1, 0.15) is 52.9 Å². The Morgan fingerprint density at radius 2 is 1.89 bits per heavy atom. The Hall–Kier alpha value is -0.370. The lowest BCUT2D eigenvalue weighted by Crippen LogP contribution is -2.47. The summed E-state index contributed by atoms with van der Waals surface area (Å²) in [6.45, 7) is 7.24. The highest BCUT2D eigenvalue weighted by Crippen LogP contribution is 2.77. The van der Waals surface area contributed by atoms with Crippen molar-refractivity contribution in [2.24, 2.45) is 28.1 Å². The molecule has 1 spiro atoms. The van der Waals surface area contributed by atoms with Gasteiger partial charge in [-0.15, -0.1) is 0 Å². The van der Waals surface area contributed by atoms with Crippen LogP contribution in [-0.2, 0) is 9.53 Å². The molecule has 2 nitrogen and oxygen atoms in total. The van der Waals surface area contributed by atoms with E-state index >= 15 is 0 Å². The van der Waals surface area contributed by atoms with Crippen LogP contribution >= 0.6 is 0 Å². The van der Waals surface area contributed by atoms with Gasteiger partial charge < -0.3 is 9.53 Å². The second-order valence-electron chi connectivity index (χ2n) is 7.79. The van der Waals surface area contributed by atoms with Gasteiger partial charge in [-0.2, -0.15) is 0 Å². The first kappa shape index (κ1) is 12.7. The molecule has 3 saturated carbocycles. The summed E-state index contributed by atoms with van der Waals surface area (Å²) in [6.07, 6.45) is 7.47. The molecular weight excluding hydrogens is 224 g/mol. The normalized spacial score (nSPS) is 53.2. The van der Waals surface area contributed by atoms with Gasteiger partial charge in [0, 0.05) is 18.4 Å². The van der Waals surface area contributed by atoms with Crippen molar-refractivity contribution < 1.29 is 9.53 Å². The van der Waals surface area contributed by atoms with Crippen LogP contribution in [-0.4, -0.2) is 19.5 Å². The van der Waals surface area contributed by atoms with Crippen molar-refractivity contribution in [3.05, 3.63) is 0 Å². The third kappa shape index (κ3) is 1.16. The van der Waals surface area contributed by atoms with Crippen LogP contribution < -0.4 is 0 Å². The van der Waals surface area contributed by atoms with E-state index in [2.05, 4.69) is 20.8 Å². The van der Waals surface area contributed by atoms with Gasteiger partial charge in [0.05, 0.1) is 6.10 Å². The molecule has 0 heterocycles. The summed E-state index contributed by atoms with van der Waals surface area (Å²) in [7, 11) is 1.84. The second-order valence-corrected chi connectivity index (χ2v) is 7.79. The number of carbonyl (C=O) groups excluding carboxylic acids is 1. The summed E-state index contributed by atoms with van der Waals surface area (Å²) in [5, 5.41) is 0. The van der Waals surface area contributed by atoms with Gasteiger partial charge >= 0.3 is 0 Å². The Labute approximate surface area is 110 Å². The predicted octanol–water partition coefficient (Wildman–Crippen LogP) is 3.44. The number of rotatable bonds is 2. The van der Waals surface area contributed by atoms with Crippen LogP contribution in [0.3, 0.4) is 0 Å². The highest BCUT2D eigenvalue weighted by molar-refractivity contribution is 5.58. The molecule has 0 aromatic rings. The minimum Gasteiger partial charge on any atom is -0.381 e. The van der Waals surface area contributed by atoms with Crippen molar-refractivity contribution in [3.8, 4) is 0 Å². The van der Waals surface area contributed by atoms with Crippen molar-refractivity contribution in [2.75, 3.05) is 7.11 Å². The van der Waals surface area contributed by atoms with Gasteiger partial charge in [-0.05, 0) is 48.9 Å². The lowest BCUT2D eigenvalue weighted by Gasteiger charge is -2.45. The van der Waals surface area contributed by atoms with E-state index in [1.807, 2.05) is 7.11 Å². The molecule has 0 radical (unpaired) electrons.